The van der Waals surface area contributed by atoms with Crippen LogP contribution in [0.25, 0.3) is 0 Å². The second-order valence-electron chi connectivity index (χ2n) is 2.33. The number of hydrogen-bond acceptors (Lipinski definition) is 3. The Labute approximate surface area is 67.6 Å². The van der Waals surface area contributed by atoms with E-state index < -0.39 is 7.37 Å². The fourth-order valence-corrected chi connectivity index (χ4v) is 2.23. The van der Waals surface area contributed by atoms with Gasteiger partial charge in [0.05, 0.1) is 6.61 Å². The number of carbonyl (C=O) groups excluding carboxylic acids is 1. The molecule has 0 rings (SSSR count). The van der Waals surface area contributed by atoms with Gasteiger partial charge in [-0.25, -0.2) is 0 Å². The van der Waals surface area contributed by atoms with E-state index in [0.717, 1.165) is 12.8 Å². The summed E-state index contributed by atoms with van der Waals surface area (Å²) in [4.78, 5) is 10.3. The van der Waals surface area contributed by atoms with E-state index >= 15 is 0 Å². The Balaban J connectivity index is 3.89. The standard InChI is InChI=1S/C7H15O3P/c1-3-5-6-11(9,7-8)10-4-2/h7H,3-6H2,1-2H3. The van der Waals surface area contributed by atoms with Crippen molar-refractivity contribution in [2.75, 3.05) is 12.8 Å². The summed E-state index contributed by atoms with van der Waals surface area (Å²) in [6.07, 6.45) is 2.11. The molecule has 0 aliphatic rings. The zero-order valence-electron chi connectivity index (χ0n) is 7.08. The third kappa shape index (κ3) is 4.33. The molecular formula is C7H15O3P. The number of rotatable bonds is 6. The normalized spacial score (nSPS) is 15.8. The number of unbranched alkanes of at least 4 members (excludes halogenated alkanes) is 1. The first-order chi connectivity index (χ1) is 5.18. The van der Waals surface area contributed by atoms with Crippen LogP contribution in [0.3, 0.4) is 0 Å². The molecule has 0 aliphatic heterocycles. The fourth-order valence-electron chi connectivity index (χ4n) is 0.745. The Bertz CT molecular complexity index is 156. The van der Waals surface area contributed by atoms with Crippen molar-refractivity contribution in [2.24, 2.45) is 0 Å². The Hall–Kier alpha value is -0.140. The predicted molar refractivity (Wildman–Crippen MR) is 45.8 cm³/mol. The van der Waals surface area contributed by atoms with Crippen molar-refractivity contribution in [1.82, 2.24) is 0 Å². The summed E-state index contributed by atoms with van der Waals surface area (Å²) in [6, 6.07) is 0.464. The second kappa shape index (κ2) is 5.50. The molecule has 0 aliphatic carbocycles. The molecule has 11 heavy (non-hydrogen) atoms. The van der Waals surface area contributed by atoms with Gasteiger partial charge in [-0.05, 0) is 13.3 Å². The van der Waals surface area contributed by atoms with Gasteiger partial charge in [-0.15, -0.1) is 0 Å². The van der Waals surface area contributed by atoms with Crippen molar-refractivity contribution in [3.63, 3.8) is 0 Å². The molecule has 1 unspecified atom stereocenters. The average Bonchev–Trinajstić information content (AvgIpc) is 2.02. The highest BCUT2D eigenvalue weighted by molar-refractivity contribution is 7.73. The van der Waals surface area contributed by atoms with Gasteiger partial charge in [0.2, 0.25) is 6.03 Å². The monoisotopic (exact) mass is 178 g/mol. The molecule has 0 radical (unpaired) electrons. The molecule has 0 heterocycles. The van der Waals surface area contributed by atoms with Gasteiger partial charge in [0.1, 0.15) is 0 Å². The molecule has 0 aromatic heterocycles. The zero-order chi connectivity index (χ0) is 8.74. The summed E-state index contributed by atoms with van der Waals surface area (Å²) < 4.78 is 16.2. The average molecular weight is 178 g/mol. The highest BCUT2D eigenvalue weighted by atomic mass is 31.2. The van der Waals surface area contributed by atoms with Crippen LogP contribution in [0.15, 0.2) is 0 Å². The molecule has 66 valence electrons. The summed E-state index contributed by atoms with van der Waals surface area (Å²) in [5.41, 5.74) is 0. The summed E-state index contributed by atoms with van der Waals surface area (Å²) in [5, 5.41) is 0. The van der Waals surface area contributed by atoms with Gasteiger partial charge < -0.3 is 4.52 Å². The van der Waals surface area contributed by atoms with Gasteiger partial charge in [0.25, 0.3) is 7.37 Å². The van der Waals surface area contributed by atoms with E-state index in [9.17, 15) is 9.36 Å². The van der Waals surface area contributed by atoms with Crippen molar-refractivity contribution in [2.45, 2.75) is 26.7 Å². The molecule has 0 N–H and O–H groups in total. The number of carbonyl (C=O) groups is 1. The highest BCUT2D eigenvalue weighted by Gasteiger charge is 2.19. The van der Waals surface area contributed by atoms with Crippen molar-refractivity contribution in [1.29, 1.82) is 0 Å². The lowest BCUT2D eigenvalue weighted by Gasteiger charge is -2.09. The van der Waals surface area contributed by atoms with E-state index in [1.807, 2.05) is 6.92 Å². The molecule has 0 saturated heterocycles. The third-order valence-electron chi connectivity index (χ3n) is 1.33. The molecule has 0 aromatic carbocycles. The van der Waals surface area contributed by atoms with Gasteiger partial charge >= 0.3 is 0 Å². The SMILES string of the molecule is CCCCP(=O)(C=O)OCC. The van der Waals surface area contributed by atoms with Crippen LogP contribution in [0.1, 0.15) is 26.7 Å². The largest absolute Gasteiger partial charge is 0.324 e. The maximum absolute atomic E-state index is 11.4. The van der Waals surface area contributed by atoms with E-state index in [-0.39, 0.29) is 0 Å². The van der Waals surface area contributed by atoms with E-state index in [0.29, 0.717) is 18.8 Å². The predicted octanol–water partition coefficient (Wildman–Crippen LogP) is 2.29. The van der Waals surface area contributed by atoms with Crippen LogP contribution in [0.5, 0.6) is 0 Å². The molecular weight excluding hydrogens is 163 g/mol. The summed E-state index contributed by atoms with van der Waals surface area (Å²) in [6.45, 7) is 4.07. The third-order valence-corrected chi connectivity index (χ3v) is 3.29. The van der Waals surface area contributed by atoms with Crippen molar-refractivity contribution < 1.29 is 13.9 Å². The molecule has 4 heteroatoms. The minimum Gasteiger partial charge on any atom is -0.324 e. The second-order valence-corrected chi connectivity index (χ2v) is 4.69. The van der Waals surface area contributed by atoms with Gasteiger partial charge in [-0.3, -0.25) is 9.36 Å². The molecule has 0 saturated carbocycles. The lowest BCUT2D eigenvalue weighted by Crippen LogP contribution is -1.95. The van der Waals surface area contributed by atoms with E-state index in [2.05, 4.69) is 0 Å². The van der Waals surface area contributed by atoms with Crippen LogP contribution in [-0.2, 0) is 13.9 Å². The highest BCUT2D eigenvalue weighted by Crippen LogP contribution is 2.43. The number of hydrogen-bond donors (Lipinski definition) is 0. The molecule has 0 spiro atoms. The summed E-state index contributed by atoms with van der Waals surface area (Å²) >= 11 is 0. The van der Waals surface area contributed by atoms with Gasteiger partial charge in [-0.2, -0.15) is 0 Å². The van der Waals surface area contributed by atoms with Crippen molar-refractivity contribution >= 4 is 13.4 Å². The van der Waals surface area contributed by atoms with Gasteiger partial charge in [0.15, 0.2) is 0 Å². The van der Waals surface area contributed by atoms with Crippen LogP contribution >= 0.6 is 7.37 Å². The minimum atomic E-state index is -2.90. The quantitative estimate of drug-likeness (QED) is 0.463. The smallest absolute Gasteiger partial charge is 0.263 e. The van der Waals surface area contributed by atoms with Crippen molar-refractivity contribution in [3.05, 3.63) is 0 Å². The Morgan fingerprint density at radius 2 is 2.09 bits per heavy atom. The Morgan fingerprint density at radius 1 is 1.45 bits per heavy atom. The first-order valence-electron chi connectivity index (χ1n) is 3.88. The van der Waals surface area contributed by atoms with Crippen LogP contribution in [0.2, 0.25) is 0 Å². The van der Waals surface area contributed by atoms with E-state index in [4.69, 9.17) is 4.52 Å². The molecule has 0 aromatic rings. The lowest BCUT2D eigenvalue weighted by molar-refractivity contribution is 0.340. The van der Waals surface area contributed by atoms with E-state index in [1.165, 1.54) is 0 Å². The topological polar surface area (TPSA) is 43.4 Å². The Morgan fingerprint density at radius 3 is 2.45 bits per heavy atom. The van der Waals surface area contributed by atoms with Gasteiger partial charge in [0, 0.05) is 6.16 Å². The Kier molecular flexibility index (Phi) is 5.43. The van der Waals surface area contributed by atoms with Crippen LogP contribution in [0.4, 0.5) is 0 Å². The molecule has 0 amide bonds. The van der Waals surface area contributed by atoms with E-state index in [1.54, 1.807) is 6.92 Å². The summed E-state index contributed by atoms with van der Waals surface area (Å²) in [7, 11) is -2.90. The zero-order valence-corrected chi connectivity index (χ0v) is 7.97. The summed E-state index contributed by atoms with van der Waals surface area (Å²) in [5.74, 6) is 0. The van der Waals surface area contributed by atoms with Gasteiger partial charge in [-0.1, -0.05) is 13.3 Å². The maximum Gasteiger partial charge on any atom is 0.263 e. The van der Waals surface area contributed by atoms with Crippen molar-refractivity contribution in [3.8, 4) is 0 Å². The molecule has 3 nitrogen and oxygen atoms in total. The molecule has 0 fully saturated rings. The molecule has 1 atom stereocenters. The molecule has 0 bridgehead atoms. The van der Waals surface area contributed by atoms with Crippen LogP contribution < -0.4 is 0 Å². The first-order valence-corrected chi connectivity index (χ1v) is 5.76. The minimum absolute atomic E-state index is 0.347. The van der Waals surface area contributed by atoms with Crippen LogP contribution in [-0.4, -0.2) is 18.8 Å². The fraction of sp³-hybridized carbons (Fsp3) is 0.857. The first kappa shape index (κ1) is 10.9. The lowest BCUT2D eigenvalue weighted by atomic mass is 10.4. The van der Waals surface area contributed by atoms with Crippen LogP contribution in [0, 0.1) is 0 Å². The maximum atomic E-state index is 11.4.